The fourth-order valence-electron chi connectivity index (χ4n) is 5.98. The van der Waals surface area contributed by atoms with Gasteiger partial charge in [-0.2, -0.15) is 0 Å². The summed E-state index contributed by atoms with van der Waals surface area (Å²) < 4.78 is 5.47. The number of morpholine rings is 1. The van der Waals surface area contributed by atoms with Gasteiger partial charge in [0, 0.05) is 55.9 Å². The van der Waals surface area contributed by atoms with Gasteiger partial charge in [0.15, 0.2) is 0 Å². The Balaban J connectivity index is 1.22. The number of hydrogen-bond acceptors (Lipinski definition) is 6. The molecule has 1 aliphatic carbocycles. The first-order valence-electron chi connectivity index (χ1n) is 13.7. The van der Waals surface area contributed by atoms with Gasteiger partial charge < -0.3 is 20.7 Å². The molecule has 2 saturated heterocycles. The van der Waals surface area contributed by atoms with Crippen LogP contribution < -0.4 is 11.1 Å². The van der Waals surface area contributed by atoms with Gasteiger partial charge in [-0.3, -0.25) is 9.69 Å². The molecule has 1 atom stereocenters. The van der Waals surface area contributed by atoms with E-state index in [1.54, 1.807) is 6.20 Å². The van der Waals surface area contributed by atoms with Gasteiger partial charge in [0.1, 0.15) is 5.82 Å². The van der Waals surface area contributed by atoms with Crippen molar-refractivity contribution in [3.8, 4) is 11.1 Å². The third kappa shape index (κ3) is 5.90. The minimum absolute atomic E-state index is 0.110. The molecule has 7 heteroatoms. The number of carbonyl (C=O) groups excluding carboxylic acids is 1. The van der Waals surface area contributed by atoms with Crippen molar-refractivity contribution in [2.45, 2.75) is 56.9 Å². The van der Waals surface area contributed by atoms with Crippen LogP contribution in [0.3, 0.4) is 0 Å². The van der Waals surface area contributed by atoms with Crippen molar-refractivity contribution in [1.29, 1.82) is 0 Å². The Morgan fingerprint density at radius 2 is 1.78 bits per heavy atom. The molecule has 36 heavy (non-hydrogen) atoms. The molecule has 1 aromatic heterocycles. The number of amides is 1. The zero-order valence-corrected chi connectivity index (χ0v) is 21.7. The molecule has 0 radical (unpaired) electrons. The van der Waals surface area contributed by atoms with Crippen LogP contribution >= 0.6 is 0 Å². The van der Waals surface area contributed by atoms with Crippen LogP contribution in [0.5, 0.6) is 0 Å². The first-order chi connectivity index (χ1) is 17.5. The summed E-state index contributed by atoms with van der Waals surface area (Å²) >= 11 is 0. The van der Waals surface area contributed by atoms with Gasteiger partial charge in [-0.15, -0.1) is 0 Å². The first kappa shape index (κ1) is 25.2. The van der Waals surface area contributed by atoms with E-state index in [-0.39, 0.29) is 17.4 Å². The highest BCUT2D eigenvalue weighted by Gasteiger charge is 2.35. The SMILES string of the molecule is CC1(c2ccc(-c3cnc(N)c(C(=O)NC4CCCCC4)c3)cc2)CCN(CCN2CCOCC2)C1. The zero-order valence-electron chi connectivity index (χ0n) is 21.7. The highest BCUT2D eigenvalue weighted by atomic mass is 16.5. The maximum Gasteiger partial charge on any atom is 0.255 e. The molecule has 2 aliphatic heterocycles. The van der Waals surface area contributed by atoms with Crippen molar-refractivity contribution in [2.75, 3.05) is 58.2 Å². The minimum atomic E-state index is -0.110. The number of nitrogen functional groups attached to an aromatic ring is 1. The highest BCUT2D eigenvalue weighted by Crippen LogP contribution is 2.35. The lowest BCUT2D eigenvalue weighted by Crippen LogP contribution is -2.41. The van der Waals surface area contributed by atoms with E-state index >= 15 is 0 Å². The molecule has 1 aromatic carbocycles. The number of nitrogens with two attached hydrogens (primary N) is 1. The standard InChI is InChI=1S/C29H41N5O2/c1-29(11-12-34(21-29)14-13-33-15-17-36-18-16-33)24-9-7-22(8-10-24)23-19-26(27(30)31-20-23)28(35)32-25-5-3-2-4-6-25/h7-10,19-20,25H,2-6,11-18,21H2,1H3,(H2,30,31)(H,32,35). The monoisotopic (exact) mass is 491 g/mol. The molecule has 3 fully saturated rings. The van der Waals surface area contributed by atoms with E-state index in [9.17, 15) is 4.79 Å². The maximum atomic E-state index is 12.9. The number of nitrogens with one attached hydrogen (secondary N) is 1. The van der Waals surface area contributed by atoms with Crippen LogP contribution in [0.25, 0.3) is 11.1 Å². The Kier molecular flexibility index (Phi) is 7.89. The molecule has 7 nitrogen and oxygen atoms in total. The average molecular weight is 492 g/mol. The molecule has 5 rings (SSSR count). The normalized spacial score (nSPS) is 24.1. The fourth-order valence-corrected chi connectivity index (χ4v) is 5.98. The van der Waals surface area contributed by atoms with Gasteiger partial charge in [0.2, 0.25) is 0 Å². The summed E-state index contributed by atoms with van der Waals surface area (Å²) in [7, 11) is 0. The Bertz CT molecular complexity index is 1030. The lowest BCUT2D eigenvalue weighted by Gasteiger charge is -2.29. The number of aromatic nitrogens is 1. The Morgan fingerprint density at radius 3 is 2.53 bits per heavy atom. The van der Waals surface area contributed by atoms with Crippen molar-refractivity contribution < 1.29 is 9.53 Å². The Labute approximate surface area is 215 Å². The Morgan fingerprint density at radius 1 is 1.06 bits per heavy atom. The predicted octanol–water partition coefficient (Wildman–Crippen LogP) is 3.69. The van der Waals surface area contributed by atoms with Gasteiger partial charge in [-0.05, 0) is 43.0 Å². The number of nitrogens with zero attached hydrogens (tertiary/aromatic N) is 3. The smallest absolute Gasteiger partial charge is 0.255 e. The lowest BCUT2D eigenvalue weighted by molar-refractivity contribution is 0.0342. The lowest BCUT2D eigenvalue weighted by atomic mass is 9.81. The van der Waals surface area contributed by atoms with Crippen molar-refractivity contribution >= 4 is 11.7 Å². The molecule has 1 amide bonds. The second kappa shape index (κ2) is 11.3. The van der Waals surface area contributed by atoms with E-state index in [2.05, 4.69) is 51.3 Å². The number of ether oxygens (including phenoxy) is 1. The van der Waals surface area contributed by atoms with Crippen molar-refractivity contribution in [2.24, 2.45) is 0 Å². The van der Waals surface area contributed by atoms with Crippen LogP contribution in [-0.2, 0) is 10.2 Å². The van der Waals surface area contributed by atoms with Crippen LogP contribution in [0.2, 0.25) is 0 Å². The molecule has 1 unspecified atom stereocenters. The molecule has 3 N–H and O–H groups in total. The van der Waals surface area contributed by atoms with Crippen molar-refractivity contribution in [3.63, 3.8) is 0 Å². The van der Waals surface area contributed by atoms with Crippen LogP contribution in [-0.4, -0.2) is 79.2 Å². The topological polar surface area (TPSA) is 83.7 Å². The van der Waals surface area contributed by atoms with E-state index in [0.717, 1.165) is 76.5 Å². The summed E-state index contributed by atoms with van der Waals surface area (Å²) in [6.45, 7) is 10.7. The van der Waals surface area contributed by atoms with Gasteiger partial charge in [0.05, 0.1) is 18.8 Å². The molecule has 3 aliphatic rings. The second-order valence-corrected chi connectivity index (χ2v) is 11.1. The second-order valence-electron chi connectivity index (χ2n) is 11.1. The summed E-state index contributed by atoms with van der Waals surface area (Å²) in [5, 5.41) is 3.17. The molecule has 2 aromatic rings. The van der Waals surface area contributed by atoms with Crippen LogP contribution in [0.1, 0.15) is 61.4 Å². The maximum absolute atomic E-state index is 12.9. The molecule has 0 spiro atoms. The number of carbonyl (C=O) groups is 1. The van der Waals surface area contributed by atoms with Crippen LogP contribution in [0, 0.1) is 0 Å². The van der Waals surface area contributed by atoms with Gasteiger partial charge >= 0.3 is 0 Å². The average Bonchev–Trinajstić information content (AvgIpc) is 3.31. The molecular weight excluding hydrogens is 450 g/mol. The number of benzene rings is 1. The predicted molar refractivity (Wildman–Crippen MR) is 144 cm³/mol. The number of rotatable bonds is 7. The molecule has 1 saturated carbocycles. The zero-order chi connectivity index (χ0) is 25.0. The van der Waals surface area contributed by atoms with E-state index in [0.29, 0.717) is 11.4 Å². The van der Waals surface area contributed by atoms with Gasteiger partial charge in [-0.25, -0.2) is 4.98 Å². The summed E-state index contributed by atoms with van der Waals surface area (Å²) in [6.07, 6.45) is 8.64. The Hall–Kier alpha value is -2.48. The fraction of sp³-hybridized carbons (Fsp3) is 0.586. The molecule has 0 bridgehead atoms. The number of likely N-dealkylation sites (tertiary alicyclic amines) is 1. The van der Waals surface area contributed by atoms with Crippen LogP contribution in [0.15, 0.2) is 36.5 Å². The molecule has 3 heterocycles. The van der Waals surface area contributed by atoms with E-state index in [1.165, 1.54) is 31.2 Å². The summed E-state index contributed by atoms with van der Waals surface area (Å²) in [6, 6.07) is 11.0. The summed E-state index contributed by atoms with van der Waals surface area (Å²) in [5.41, 5.74) is 10.1. The third-order valence-electron chi connectivity index (χ3n) is 8.41. The number of pyridine rings is 1. The van der Waals surface area contributed by atoms with Crippen molar-refractivity contribution in [3.05, 3.63) is 47.7 Å². The van der Waals surface area contributed by atoms with Gasteiger partial charge in [-0.1, -0.05) is 50.5 Å². The van der Waals surface area contributed by atoms with Crippen molar-refractivity contribution in [1.82, 2.24) is 20.1 Å². The van der Waals surface area contributed by atoms with Crippen LogP contribution in [0.4, 0.5) is 5.82 Å². The largest absolute Gasteiger partial charge is 0.383 e. The van der Waals surface area contributed by atoms with Gasteiger partial charge in [0.25, 0.3) is 5.91 Å². The summed E-state index contributed by atoms with van der Waals surface area (Å²) in [5.74, 6) is 0.181. The van der Waals surface area contributed by atoms with E-state index in [4.69, 9.17) is 10.5 Å². The van der Waals surface area contributed by atoms with E-state index < -0.39 is 0 Å². The number of hydrogen-bond donors (Lipinski definition) is 2. The minimum Gasteiger partial charge on any atom is -0.383 e. The first-order valence-corrected chi connectivity index (χ1v) is 13.7. The number of anilines is 1. The summed E-state index contributed by atoms with van der Waals surface area (Å²) in [4.78, 5) is 22.4. The third-order valence-corrected chi connectivity index (χ3v) is 8.41. The quantitative estimate of drug-likeness (QED) is 0.615. The highest BCUT2D eigenvalue weighted by molar-refractivity contribution is 5.99. The molecular formula is C29H41N5O2. The van der Waals surface area contributed by atoms with E-state index in [1.807, 2.05) is 6.07 Å². The molecule has 194 valence electrons.